The largest absolute Gasteiger partial charge is 0.455 e. The Kier molecular flexibility index (Phi) is 7.46. The van der Waals surface area contributed by atoms with E-state index >= 15 is 0 Å². The van der Waals surface area contributed by atoms with E-state index in [2.05, 4.69) is 227 Å². The second-order valence-electron chi connectivity index (χ2n) is 14.2. The van der Waals surface area contributed by atoms with Gasteiger partial charge in [0.25, 0.3) is 0 Å². The Morgan fingerprint density at radius 3 is 1.66 bits per heavy atom. The summed E-state index contributed by atoms with van der Waals surface area (Å²) in [6.45, 7) is 0. The summed E-state index contributed by atoms with van der Waals surface area (Å²) in [4.78, 5) is 4.69. The van der Waals surface area contributed by atoms with Crippen LogP contribution in [0.5, 0.6) is 0 Å². The molecule has 2 heterocycles. The summed E-state index contributed by atoms with van der Waals surface area (Å²) in [5.74, 6) is 0. The fourth-order valence-corrected chi connectivity index (χ4v) is 8.45. The van der Waals surface area contributed by atoms with Gasteiger partial charge < -0.3 is 18.8 Å². The minimum absolute atomic E-state index is 0.866. The molecule has 11 aromatic rings. The van der Waals surface area contributed by atoms with Crippen LogP contribution < -0.4 is 9.80 Å². The maximum absolute atomic E-state index is 6.63. The molecule has 0 aliphatic carbocycles. The zero-order valence-corrected chi connectivity index (χ0v) is 30.5. The quantitative estimate of drug-likeness (QED) is 0.164. The Hall–Kier alpha value is -7.56. The number of fused-ring (bicyclic) bond motifs is 8. The molecule has 0 N–H and O–H groups in total. The number of rotatable bonds is 7. The highest BCUT2D eigenvalue weighted by Gasteiger charge is 2.22. The highest BCUT2D eigenvalue weighted by Crippen LogP contribution is 2.45. The molecule has 0 amide bonds. The lowest BCUT2D eigenvalue weighted by Crippen LogP contribution is -2.12. The lowest BCUT2D eigenvalue weighted by atomic mass is 10.0. The third-order valence-electron chi connectivity index (χ3n) is 10.9. The van der Waals surface area contributed by atoms with Crippen molar-refractivity contribution in [3.8, 4) is 5.69 Å². The molecule has 2 aromatic heterocycles. The molecule has 4 heteroatoms. The molecule has 11 rings (SSSR count). The van der Waals surface area contributed by atoms with E-state index in [1.54, 1.807) is 0 Å². The van der Waals surface area contributed by atoms with Crippen molar-refractivity contribution in [1.29, 1.82) is 0 Å². The number of hydrogen-bond donors (Lipinski definition) is 0. The number of nitrogens with zero attached hydrogens (tertiary/aromatic N) is 3. The summed E-state index contributed by atoms with van der Waals surface area (Å²) in [5, 5.41) is 6.94. The van der Waals surface area contributed by atoms with Gasteiger partial charge in [0, 0.05) is 55.7 Å². The lowest BCUT2D eigenvalue weighted by Gasteiger charge is -2.28. The summed E-state index contributed by atoms with van der Waals surface area (Å²) in [6, 6.07) is 75.5. The van der Waals surface area contributed by atoms with E-state index in [4.69, 9.17) is 4.42 Å². The van der Waals surface area contributed by atoms with Crippen molar-refractivity contribution < 1.29 is 4.42 Å². The van der Waals surface area contributed by atoms with Gasteiger partial charge in [-0.2, -0.15) is 0 Å². The number of hydrogen-bond acceptors (Lipinski definition) is 3. The van der Waals surface area contributed by atoms with E-state index in [1.165, 1.54) is 21.7 Å². The standard InChI is InChI=1S/C52H35N3O/c1-4-16-37(17-5-1)53(42-32-34-45-44-23-12-13-24-47(44)55(49(45)35-42)39-20-8-3-9-21-39)40-28-30-41(31-29-40)54(38-18-6-2-7-19-38)48-25-14-26-50-51(48)46-33-27-36-15-10-11-22-43(36)52(46)56-50/h1-35H. The van der Waals surface area contributed by atoms with Gasteiger partial charge in [0.05, 0.1) is 22.1 Å². The fourth-order valence-electron chi connectivity index (χ4n) is 8.45. The van der Waals surface area contributed by atoms with Gasteiger partial charge in [-0.1, -0.05) is 115 Å². The molecular weight excluding hydrogens is 683 g/mol. The zero-order valence-electron chi connectivity index (χ0n) is 30.5. The van der Waals surface area contributed by atoms with Crippen molar-refractivity contribution in [2.75, 3.05) is 9.80 Å². The minimum atomic E-state index is 0.866. The van der Waals surface area contributed by atoms with E-state index in [-0.39, 0.29) is 0 Å². The average molecular weight is 718 g/mol. The highest BCUT2D eigenvalue weighted by atomic mass is 16.3. The fraction of sp³-hybridized carbons (Fsp3) is 0. The van der Waals surface area contributed by atoms with Crippen LogP contribution in [0.2, 0.25) is 0 Å². The number of anilines is 6. The summed E-state index contributed by atoms with van der Waals surface area (Å²) < 4.78 is 9.00. The van der Waals surface area contributed by atoms with Crippen molar-refractivity contribution >= 4 is 88.6 Å². The first-order chi connectivity index (χ1) is 27.8. The smallest absolute Gasteiger partial charge is 0.143 e. The van der Waals surface area contributed by atoms with Crippen LogP contribution in [0.1, 0.15) is 0 Å². The maximum atomic E-state index is 6.63. The monoisotopic (exact) mass is 717 g/mol. The first-order valence-corrected chi connectivity index (χ1v) is 19.0. The molecule has 264 valence electrons. The number of benzene rings is 9. The molecule has 0 bridgehead atoms. The van der Waals surface area contributed by atoms with Gasteiger partial charge in [0.1, 0.15) is 11.2 Å². The summed E-state index contributed by atoms with van der Waals surface area (Å²) in [6.07, 6.45) is 0. The van der Waals surface area contributed by atoms with Crippen molar-refractivity contribution in [1.82, 2.24) is 4.57 Å². The van der Waals surface area contributed by atoms with Crippen LogP contribution in [0.25, 0.3) is 60.2 Å². The summed E-state index contributed by atoms with van der Waals surface area (Å²) in [7, 11) is 0. The highest BCUT2D eigenvalue weighted by molar-refractivity contribution is 6.19. The minimum Gasteiger partial charge on any atom is -0.455 e. The molecule has 56 heavy (non-hydrogen) atoms. The molecule has 0 fully saturated rings. The van der Waals surface area contributed by atoms with Gasteiger partial charge in [-0.15, -0.1) is 0 Å². The molecular formula is C52H35N3O. The lowest BCUT2D eigenvalue weighted by molar-refractivity contribution is 0.672. The van der Waals surface area contributed by atoms with E-state index < -0.39 is 0 Å². The third kappa shape index (κ3) is 5.15. The second-order valence-corrected chi connectivity index (χ2v) is 14.2. The molecule has 0 radical (unpaired) electrons. The van der Waals surface area contributed by atoms with Crippen molar-refractivity contribution in [3.05, 3.63) is 212 Å². The Morgan fingerprint density at radius 2 is 0.911 bits per heavy atom. The summed E-state index contributed by atoms with van der Waals surface area (Å²) >= 11 is 0. The predicted octanol–water partition coefficient (Wildman–Crippen LogP) is 14.8. The topological polar surface area (TPSA) is 24.6 Å². The number of para-hydroxylation sites is 4. The Bertz CT molecular complexity index is 3180. The van der Waals surface area contributed by atoms with E-state index in [9.17, 15) is 0 Å². The Balaban J connectivity index is 1.08. The van der Waals surface area contributed by atoms with Crippen LogP contribution in [0, 0.1) is 0 Å². The number of aromatic nitrogens is 1. The summed E-state index contributed by atoms with van der Waals surface area (Å²) in [5.41, 5.74) is 11.7. The molecule has 9 aromatic carbocycles. The zero-order chi connectivity index (χ0) is 37.0. The molecule has 4 nitrogen and oxygen atoms in total. The molecule has 0 atom stereocenters. The molecule has 0 saturated carbocycles. The number of furan rings is 1. The Labute approximate surface area is 324 Å². The van der Waals surface area contributed by atoms with Crippen LogP contribution >= 0.6 is 0 Å². The van der Waals surface area contributed by atoms with E-state index in [0.717, 1.165) is 72.7 Å². The van der Waals surface area contributed by atoms with Crippen LogP contribution in [0.3, 0.4) is 0 Å². The van der Waals surface area contributed by atoms with Gasteiger partial charge in [-0.05, 0) is 102 Å². The van der Waals surface area contributed by atoms with Gasteiger partial charge in [-0.3, -0.25) is 0 Å². The molecule has 0 unspecified atom stereocenters. The molecule has 0 saturated heterocycles. The van der Waals surface area contributed by atoms with Crippen molar-refractivity contribution in [2.24, 2.45) is 0 Å². The van der Waals surface area contributed by atoms with Crippen molar-refractivity contribution in [2.45, 2.75) is 0 Å². The Morgan fingerprint density at radius 1 is 0.357 bits per heavy atom. The van der Waals surface area contributed by atoms with Gasteiger partial charge in [0.15, 0.2) is 0 Å². The van der Waals surface area contributed by atoms with E-state index in [1.807, 2.05) is 0 Å². The van der Waals surface area contributed by atoms with Crippen molar-refractivity contribution in [3.63, 3.8) is 0 Å². The molecule has 0 spiro atoms. The molecule has 0 aliphatic heterocycles. The molecule has 0 aliphatic rings. The third-order valence-corrected chi connectivity index (χ3v) is 10.9. The second kappa shape index (κ2) is 13.1. The average Bonchev–Trinajstić information content (AvgIpc) is 3.82. The maximum Gasteiger partial charge on any atom is 0.143 e. The van der Waals surface area contributed by atoms with Gasteiger partial charge in [-0.25, -0.2) is 0 Å². The first-order valence-electron chi connectivity index (χ1n) is 19.0. The van der Waals surface area contributed by atoms with E-state index in [0.29, 0.717) is 0 Å². The first kappa shape index (κ1) is 31.9. The predicted molar refractivity (Wildman–Crippen MR) is 235 cm³/mol. The van der Waals surface area contributed by atoms with Gasteiger partial charge >= 0.3 is 0 Å². The SMILES string of the molecule is c1ccc(N(c2ccc(N(c3ccccc3)c3cccc4oc5c6ccccc6ccc5c34)cc2)c2ccc3c4ccccc4n(-c4ccccc4)c3c2)cc1. The van der Waals surface area contributed by atoms with Gasteiger partial charge in [0.2, 0.25) is 0 Å². The van der Waals surface area contributed by atoms with Crippen LogP contribution in [0.4, 0.5) is 34.1 Å². The van der Waals surface area contributed by atoms with Crippen LogP contribution in [-0.4, -0.2) is 4.57 Å². The van der Waals surface area contributed by atoms with Crippen LogP contribution in [0.15, 0.2) is 217 Å². The normalized spacial score (nSPS) is 11.6. The van der Waals surface area contributed by atoms with Crippen LogP contribution in [-0.2, 0) is 0 Å².